The lowest BCUT2D eigenvalue weighted by Crippen LogP contribution is -2.13. The summed E-state index contributed by atoms with van der Waals surface area (Å²) in [6.45, 7) is 0.565. The minimum absolute atomic E-state index is 0.247. The molecule has 1 aromatic carbocycles. The fourth-order valence-corrected chi connectivity index (χ4v) is 1.75. The van der Waals surface area contributed by atoms with Gasteiger partial charge in [0.2, 0.25) is 0 Å². The van der Waals surface area contributed by atoms with Crippen LogP contribution in [0, 0.1) is 0 Å². The summed E-state index contributed by atoms with van der Waals surface area (Å²) in [5, 5.41) is 0. The van der Waals surface area contributed by atoms with Crippen LogP contribution in [0.5, 0.6) is 6.01 Å². The smallest absolute Gasteiger partial charge is 0.316 e. The monoisotopic (exact) mass is 273 g/mol. The Morgan fingerprint density at radius 3 is 2.74 bits per heavy atom. The Bertz CT molecular complexity index is 545. The molecule has 2 rings (SSSR count). The zero-order chi connectivity index (χ0) is 13.5. The maximum atomic E-state index is 5.50. The quantitative estimate of drug-likeness (QED) is 0.645. The van der Waals surface area contributed by atoms with Gasteiger partial charge in [-0.15, -0.1) is 0 Å². The maximum absolute atomic E-state index is 5.50. The van der Waals surface area contributed by atoms with Gasteiger partial charge in [0, 0.05) is 6.20 Å². The van der Waals surface area contributed by atoms with Crippen LogP contribution >= 0.6 is 12.2 Å². The predicted octanol–water partition coefficient (Wildman–Crippen LogP) is 2.12. The Morgan fingerprint density at radius 1 is 1.21 bits per heavy atom. The number of nitrogens with zero attached hydrogens (tertiary/aromatic N) is 2. The van der Waals surface area contributed by atoms with Gasteiger partial charge in [-0.25, -0.2) is 4.98 Å². The zero-order valence-corrected chi connectivity index (χ0v) is 11.3. The Balaban J connectivity index is 1.80. The average Bonchev–Trinajstić information content (AvgIpc) is 2.45. The summed E-state index contributed by atoms with van der Waals surface area (Å²) < 4.78 is 5.48. The molecular weight excluding hydrogens is 258 g/mol. The first-order valence-corrected chi connectivity index (χ1v) is 6.46. The third-order valence-corrected chi connectivity index (χ3v) is 2.78. The average molecular weight is 273 g/mol. The first-order valence-electron chi connectivity index (χ1n) is 6.05. The largest absolute Gasteiger partial charge is 0.463 e. The molecule has 0 unspecified atom stereocenters. The fraction of sp³-hybridized carbons (Fsp3) is 0.214. The Kier molecular flexibility index (Phi) is 4.80. The van der Waals surface area contributed by atoms with Crippen LogP contribution < -0.4 is 10.5 Å². The van der Waals surface area contributed by atoms with Gasteiger partial charge in [-0.3, -0.25) is 0 Å². The van der Waals surface area contributed by atoms with Gasteiger partial charge >= 0.3 is 6.01 Å². The van der Waals surface area contributed by atoms with Crippen molar-refractivity contribution in [3.05, 3.63) is 53.9 Å². The third-order valence-electron chi connectivity index (χ3n) is 2.57. The molecule has 1 aromatic heterocycles. The molecule has 19 heavy (non-hydrogen) atoms. The first kappa shape index (κ1) is 13.4. The summed E-state index contributed by atoms with van der Waals surface area (Å²) in [4.78, 5) is 8.38. The molecule has 0 amide bonds. The molecule has 4 nitrogen and oxygen atoms in total. The number of thiocarbonyl (C=S) groups is 1. The van der Waals surface area contributed by atoms with Crippen LogP contribution in [0.3, 0.4) is 0 Å². The van der Waals surface area contributed by atoms with E-state index in [9.17, 15) is 0 Å². The van der Waals surface area contributed by atoms with Crippen LogP contribution in [0.2, 0.25) is 0 Å². The topological polar surface area (TPSA) is 61.0 Å². The summed E-state index contributed by atoms with van der Waals surface area (Å²) in [5.41, 5.74) is 7.32. The standard InChI is InChI=1S/C14H15N3OS/c15-13(19)12-8-9-16-14(17-12)18-10-4-7-11-5-2-1-3-6-11/h1-3,5-6,8-9H,4,7,10H2,(H2,15,19). The second-order valence-corrected chi connectivity index (χ2v) is 4.47. The zero-order valence-electron chi connectivity index (χ0n) is 10.5. The van der Waals surface area contributed by atoms with Crippen LogP contribution in [-0.2, 0) is 6.42 Å². The Morgan fingerprint density at radius 2 is 2.00 bits per heavy atom. The van der Waals surface area contributed by atoms with E-state index in [-0.39, 0.29) is 4.99 Å². The molecule has 0 saturated carbocycles. The minimum Gasteiger partial charge on any atom is -0.463 e. The highest BCUT2D eigenvalue weighted by molar-refractivity contribution is 7.80. The summed E-state index contributed by atoms with van der Waals surface area (Å²) in [6, 6.07) is 12.3. The predicted molar refractivity (Wildman–Crippen MR) is 78.2 cm³/mol. The molecule has 1 heterocycles. The van der Waals surface area contributed by atoms with Gasteiger partial charge < -0.3 is 10.5 Å². The van der Waals surface area contributed by atoms with E-state index in [1.54, 1.807) is 12.3 Å². The Labute approximate surface area is 117 Å². The fourth-order valence-electron chi connectivity index (χ4n) is 1.63. The second-order valence-electron chi connectivity index (χ2n) is 4.03. The van der Waals surface area contributed by atoms with Crippen molar-refractivity contribution in [3.63, 3.8) is 0 Å². The number of benzene rings is 1. The van der Waals surface area contributed by atoms with Crippen molar-refractivity contribution in [1.82, 2.24) is 9.97 Å². The van der Waals surface area contributed by atoms with Crippen LogP contribution in [0.4, 0.5) is 0 Å². The third kappa shape index (κ3) is 4.30. The summed E-state index contributed by atoms with van der Waals surface area (Å²) in [7, 11) is 0. The lowest BCUT2D eigenvalue weighted by atomic mass is 10.1. The van der Waals surface area contributed by atoms with E-state index in [0.29, 0.717) is 18.3 Å². The van der Waals surface area contributed by atoms with Gasteiger partial charge in [0.1, 0.15) is 10.7 Å². The molecule has 0 bridgehead atoms. The molecule has 0 atom stereocenters. The molecule has 0 fully saturated rings. The lowest BCUT2D eigenvalue weighted by molar-refractivity contribution is 0.286. The van der Waals surface area contributed by atoms with E-state index in [2.05, 4.69) is 22.1 Å². The summed E-state index contributed by atoms with van der Waals surface area (Å²) in [5.74, 6) is 0. The highest BCUT2D eigenvalue weighted by Gasteiger charge is 2.02. The molecule has 98 valence electrons. The van der Waals surface area contributed by atoms with E-state index >= 15 is 0 Å². The normalized spacial score (nSPS) is 10.1. The van der Waals surface area contributed by atoms with Gasteiger partial charge in [0.05, 0.1) is 6.61 Å². The van der Waals surface area contributed by atoms with E-state index in [1.165, 1.54) is 5.56 Å². The molecule has 0 aliphatic carbocycles. The van der Waals surface area contributed by atoms with E-state index in [4.69, 9.17) is 22.7 Å². The van der Waals surface area contributed by atoms with Crippen molar-refractivity contribution in [3.8, 4) is 6.01 Å². The number of rotatable bonds is 6. The van der Waals surface area contributed by atoms with E-state index < -0.39 is 0 Å². The minimum atomic E-state index is 0.247. The van der Waals surface area contributed by atoms with Gasteiger partial charge in [-0.2, -0.15) is 4.98 Å². The van der Waals surface area contributed by atoms with Crippen molar-refractivity contribution in [2.75, 3.05) is 6.61 Å². The highest BCUT2D eigenvalue weighted by Crippen LogP contribution is 2.06. The van der Waals surface area contributed by atoms with Gasteiger partial charge in [0.15, 0.2) is 0 Å². The highest BCUT2D eigenvalue weighted by atomic mass is 32.1. The van der Waals surface area contributed by atoms with Crippen molar-refractivity contribution in [2.45, 2.75) is 12.8 Å². The molecule has 0 aliphatic heterocycles. The maximum Gasteiger partial charge on any atom is 0.316 e. The van der Waals surface area contributed by atoms with Gasteiger partial charge in [-0.1, -0.05) is 42.5 Å². The van der Waals surface area contributed by atoms with Gasteiger partial charge in [0.25, 0.3) is 0 Å². The number of hydrogen-bond donors (Lipinski definition) is 1. The SMILES string of the molecule is NC(=S)c1ccnc(OCCCc2ccccc2)n1. The van der Waals surface area contributed by atoms with E-state index in [0.717, 1.165) is 12.8 Å². The molecule has 0 spiro atoms. The van der Waals surface area contributed by atoms with Crippen LogP contribution in [0.15, 0.2) is 42.6 Å². The number of nitrogens with two attached hydrogens (primary N) is 1. The van der Waals surface area contributed by atoms with Crippen LogP contribution in [-0.4, -0.2) is 21.6 Å². The number of hydrogen-bond acceptors (Lipinski definition) is 4. The summed E-state index contributed by atoms with van der Waals surface area (Å²) in [6.07, 6.45) is 3.47. The molecule has 0 saturated heterocycles. The van der Waals surface area contributed by atoms with Crippen LogP contribution in [0.25, 0.3) is 0 Å². The Hall–Kier alpha value is -2.01. The van der Waals surface area contributed by atoms with Crippen LogP contribution in [0.1, 0.15) is 17.7 Å². The van der Waals surface area contributed by atoms with Crippen molar-refractivity contribution < 1.29 is 4.74 Å². The number of aromatic nitrogens is 2. The molecule has 2 aromatic rings. The molecule has 5 heteroatoms. The second kappa shape index (κ2) is 6.80. The van der Waals surface area contributed by atoms with E-state index in [1.807, 2.05) is 18.2 Å². The van der Waals surface area contributed by atoms with Crippen molar-refractivity contribution >= 4 is 17.2 Å². The molecule has 2 N–H and O–H groups in total. The first-order chi connectivity index (χ1) is 9.25. The van der Waals surface area contributed by atoms with Crippen molar-refractivity contribution in [2.24, 2.45) is 5.73 Å². The molecular formula is C14H15N3OS. The number of aryl methyl sites for hydroxylation is 1. The van der Waals surface area contributed by atoms with Crippen molar-refractivity contribution in [1.29, 1.82) is 0 Å². The summed E-state index contributed by atoms with van der Waals surface area (Å²) >= 11 is 4.85. The number of ether oxygens (including phenoxy) is 1. The lowest BCUT2D eigenvalue weighted by Gasteiger charge is -2.05. The van der Waals surface area contributed by atoms with Gasteiger partial charge in [-0.05, 0) is 24.5 Å². The molecule has 0 aliphatic rings. The molecule has 0 radical (unpaired) electrons.